The van der Waals surface area contributed by atoms with Crippen molar-refractivity contribution in [3.05, 3.63) is 59.2 Å². The van der Waals surface area contributed by atoms with Crippen molar-refractivity contribution in [3.63, 3.8) is 0 Å². The smallest absolute Gasteiger partial charge is 0.305 e. The van der Waals surface area contributed by atoms with Gasteiger partial charge in [-0.15, -0.1) is 0 Å². The predicted octanol–water partition coefficient (Wildman–Crippen LogP) is 4.76. The maximum atomic E-state index is 13.4. The van der Waals surface area contributed by atoms with Gasteiger partial charge in [-0.25, -0.2) is 0 Å². The van der Waals surface area contributed by atoms with Crippen LogP contribution in [0.2, 0.25) is 0 Å². The molecule has 1 unspecified atom stereocenters. The number of nitrogens with one attached hydrogen (secondary N) is 2. The standard InChI is InChI=1S/C32H42N4O5/c1-21-8-10-22(11-9-21)25(19-29(38)39)33-31(41)24-12-13-27(26(18-24)34-30(40)23-6-5-7-23)35-14-16-36(17-15-35)28(37)20-32(2,3)4/h8-13,18,23,25H,5-7,14-17,19-20H2,1-4H3,(H,33,41)(H,34,40)(H,38,39). The Morgan fingerprint density at radius 1 is 0.976 bits per heavy atom. The maximum Gasteiger partial charge on any atom is 0.305 e. The molecule has 9 heteroatoms. The van der Waals surface area contributed by atoms with Crippen molar-refractivity contribution in [3.8, 4) is 0 Å². The van der Waals surface area contributed by atoms with E-state index in [1.807, 2.05) is 42.2 Å². The molecule has 4 rings (SSSR count). The van der Waals surface area contributed by atoms with E-state index in [2.05, 4.69) is 36.3 Å². The molecule has 2 aromatic carbocycles. The summed E-state index contributed by atoms with van der Waals surface area (Å²) in [7, 11) is 0. The number of benzene rings is 2. The summed E-state index contributed by atoms with van der Waals surface area (Å²) in [6.07, 6.45) is 2.97. The normalized spacial score (nSPS) is 16.5. The van der Waals surface area contributed by atoms with Gasteiger partial charge < -0.3 is 25.5 Å². The van der Waals surface area contributed by atoms with Crippen molar-refractivity contribution < 1.29 is 24.3 Å². The van der Waals surface area contributed by atoms with Crippen LogP contribution in [0.5, 0.6) is 0 Å². The first-order valence-electron chi connectivity index (χ1n) is 14.5. The van der Waals surface area contributed by atoms with Crippen molar-refractivity contribution in [2.24, 2.45) is 11.3 Å². The van der Waals surface area contributed by atoms with Crippen LogP contribution in [-0.2, 0) is 14.4 Å². The van der Waals surface area contributed by atoms with E-state index in [-0.39, 0.29) is 29.6 Å². The topological polar surface area (TPSA) is 119 Å². The van der Waals surface area contributed by atoms with Crippen LogP contribution in [-0.4, -0.2) is 59.9 Å². The molecule has 0 spiro atoms. The van der Waals surface area contributed by atoms with Crippen LogP contribution in [0.15, 0.2) is 42.5 Å². The Labute approximate surface area is 242 Å². The lowest BCUT2D eigenvalue weighted by Gasteiger charge is -2.38. The molecule has 220 valence electrons. The molecular formula is C32H42N4O5. The molecule has 3 N–H and O–H groups in total. The summed E-state index contributed by atoms with van der Waals surface area (Å²) in [4.78, 5) is 54.7. The molecule has 3 amide bonds. The number of amides is 3. The molecule has 0 bridgehead atoms. The molecule has 1 aliphatic heterocycles. The number of carboxylic acid groups (broad SMARTS) is 1. The van der Waals surface area contributed by atoms with Crippen molar-refractivity contribution >= 4 is 35.1 Å². The second-order valence-corrected chi connectivity index (χ2v) is 12.5. The molecule has 2 fully saturated rings. The second kappa shape index (κ2) is 12.7. The Balaban J connectivity index is 1.53. The third-order valence-electron chi connectivity index (χ3n) is 7.81. The number of carboxylic acids is 1. The van der Waals surface area contributed by atoms with Gasteiger partial charge in [-0.1, -0.05) is 57.0 Å². The zero-order valence-corrected chi connectivity index (χ0v) is 24.5. The average molecular weight is 563 g/mol. The van der Waals surface area contributed by atoms with Crippen molar-refractivity contribution in [1.82, 2.24) is 10.2 Å². The van der Waals surface area contributed by atoms with Gasteiger partial charge >= 0.3 is 5.97 Å². The summed E-state index contributed by atoms with van der Waals surface area (Å²) >= 11 is 0. The van der Waals surface area contributed by atoms with Gasteiger partial charge in [0.1, 0.15) is 0 Å². The zero-order valence-electron chi connectivity index (χ0n) is 24.5. The first-order valence-corrected chi connectivity index (χ1v) is 14.5. The van der Waals surface area contributed by atoms with Gasteiger partial charge in [0, 0.05) is 44.1 Å². The third kappa shape index (κ3) is 8.08. The largest absolute Gasteiger partial charge is 0.481 e. The fraction of sp³-hybridized carbons (Fsp3) is 0.500. The van der Waals surface area contributed by atoms with Crippen molar-refractivity contribution in [1.29, 1.82) is 0 Å². The van der Waals surface area contributed by atoms with E-state index < -0.39 is 17.9 Å². The number of rotatable bonds is 9. The van der Waals surface area contributed by atoms with Gasteiger partial charge in [-0.2, -0.15) is 0 Å². The maximum absolute atomic E-state index is 13.4. The Morgan fingerprint density at radius 2 is 1.63 bits per heavy atom. The molecule has 2 aromatic rings. The first-order chi connectivity index (χ1) is 19.4. The highest BCUT2D eigenvalue weighted by Gasteiger charge is 2.29. The third-order valence-corrected chi connectivity index (χ3v) is 7.81. The number of carbonyl (C=O) groups is 4. The monoisotopic (exact) mass is 562 g/mol. The molecule has 0 aromatic heterocycles. The summed E-state index contributed by atoms with van der Waals surface area (Å²) in [5, 5.41) is 15.4. The second-order valence-electron chi connectivity index (χ2n) is 12.5. The van der Waals surface area contributed by atoms with Crippen LogP contribution in [0.3, 0.4) is 0 Å². The van der Waals surface area contributed by atoms with Gasteiger partial charge in [-0.3, -0.25) is 19.2 Å². The lowest BCUT2D eigenvalue weighted by Crippen LogP contribution is -2.49. The lowest BCUT2D eigenvalue weighted by molar-refractivity contribution is -0.137. The van der Waals surface area contributed by atoms with Gasteiger partial charge in [0.15, 0.2) is 0 Å². The molecule has 1 saturated carbocycles. The molecule has 1 saturated heterocycles. The van der Waals surface area contributed by atoms with Crippen LogP contribution in [0.4, 0.5) is 11.4 Å². The Hall–Kier alpha value is -3.88. The number of aliphatic carboxylic acids is 1. The van der Waals surface area contributed by atoms with E-state index in [1.54, 1.807) is 12.1 Å². The highest BCUT2D eigenvalue weighted by Crippen LogP contribution is 2.33. The highest BCUT2D eigenvalue weighted by molar-refractivity contribution is 6.01. The minimum absolute atomic E-state index is 0.0336. The summed E-state index contributed by atoms with van der Waals surface area (Å²) in [6, 6.07) is 11.9. The van der Waals surface area contributed by atoms with E-state index in [4.69, 9.17) is 0 Å². The van der Waals surface area contributed by atoms with Gasteiger partial charge in [0.25, 0.3) is 5.91 Å². The first kappa shape index (κ1) is 30.1. The number of hydrogen-bond donors (Lipinski definition) is 3. The molecule has 2 aliphatic rings. The number of aryl methyl sites for hydroxylation is 1. The molecule has 0 radical (unpaired) electrons. The van der Waals surface area contributed by atoms with Gasteiger partial charge in [-0.05, 0) is 48.9 Å². The molecule has 1 atom stereocenters. The summed E-state index contributed by atoms with van der Waals surface area (Å²) in [6.45, 7) is 10.5. The van der Waals surface area contributed by atoms with Gasteiger partial charge in [0.2, 0.25) is 11.8 Å². The van der Waals surface area contributed by atoms with E-state index in [0.717, 1.165) is 30.5 Å². The van der Waals surface area contributed by atoms with Crippen LogP contribution >= 0.6 is 0 Å². The summed E-state index contributed by atoms with van der Waals surface area (Å²) < 4.78 is 0. The number of anilines is 2. The van der Waals surface area contributed by atoms with Gasteiger partial charge in [0.05, 0.1) is 23.8 Å². The number of carbonyl (C=O) groups excluding carboxylic acids is 3. The molecule has 9 nitrogen and oxygen atoms in total. The van der Waals surface area contributed by atoms with Crippen LogP contribution in [0.1, 0.15) is 80.4 Å². The van der Waals surface area contributed by atoms with E-state index in [9.17, 15) is 24.3 Å². The highest BCUT2D eigenvalue weighted by atomic mass is 16.4. The van der Waals surface area contributed by atoms with Crippen LogP contribution in [0, 0.1) is 18.3 Å². The minimum Gasteiger partial charge on any atom is -0.481 e. The van der Waals surface area contributed by atoms with E-state index >= 15 is 0 Å². The quantitative estimate of drug-likeness (QED) is 0.405. The van der Waals surface area contributed by atoms with E-state index in [1.165, 1.54) is 0 Å². The fourth-order valence-corrected chi connectivity index (χ4v) is 5.19. The molecule has 1 aliphatic carbocycles. The minimum atomic E-state index is -1.01. The zero-order chi connectivity index (χ0) is 29.7. The van der Waals surface area contributed by atoms with Crippen LogP contribution < -0.4 is 15.5 Å². The average Bonchev–Trinajstić information content (AvgIpc) is 2.86. The number of piperazine rings is 1. The molecule has 1 heterocycles. The Kier molecular flexibility index (Phi) is 9.35. The number of nitrogens with zero attached hydrogens (tertiary/aromatic N) is 2. The number of hydrogen-bond acceptors (Lipinski definition) is 5. The Morgan fingerprint density at radius 3 is 2.20 bits per heavy atom. The fourth-order valence-electron chi connectivity index (χ4n) is 5.19. The Bertz CT molecular complexity index is 1270. The molecule has 41 heavy (non-hydrogen) atoms. The van der Waals surface area contributed by atoms with E-state index in [0.29, 0.717) is 49.4 Å². The predicted molar refractivity (Wildman–Crippen MR) is 159 cm³/mol. The SMILES string of the molecule is Cc1ccc(C(CC(=O)O)NC(=O)c2ccc(N3CCN(C(=O)CC(C)(C)C)CC3)c(NC(=O)C3CCC3)c2)cc1. The summed E-state index contributed by atoms with van der Waals surface area (Å²) in [5.41, 5.74) is 3.36. The summed E-state index contributed by atoms with van der Waals surface area (Å²) in [5.74, 6) is -1.38. The van der Waals surface area contributed by atoms with Crippen molar-refractivity contribution in [2.45, 2.75) is 65.8 Å². The molecular weight excluding hydrogens is 520 g/mol. The van der Waals surface area contributed by atoms with Crippen molar-refractivity contribution in [2.75, 3.05) is 36.4 Å². The lowest BCUT2D eigenvalue weighted by atomic mass is 9.85. The van der Waals surface area contributed by atoms with Crippen LogP contribution in [0.25, 0.3) is 0 Å².